The lowest BCUT2D eigenvalue weighted by Crippen LogP contribution is -2.23. The lowest BCUT2D eigenvalue weighted by atomic mass is 10.2. The lowest BCUT2D eigenvalue weighted by Gasteiger charge is -2.06. The summed E-state index contributed by atoms with van der Waals surface area (Å²) < 4.78 is 11.9. The zero-order chi connectivity index (χ0) is 15.2. The number of ether oxygens (including phenoxy) is 1. The first kappa shape index (κ1) is 16.0. The fraction of sp³-hybridized carbons (Fsp3) is 0.438. The second-order valence-electron chi connectivity index (χ2n) is 5.18. The Balaban J connectivity index is 1.97. The minimum atomic E-state index is 0.516. The Labute approximate surface area is 134 Å². The minimum Gasteiger partial charge on any atom is -0.496 e. The third kappa shape index (κ3) is 4.58. The molecule has 1 aromatic heterocycles. The highest BCUT2D eigenvalue weighted by Gasteiger charge is 2.09. The molecule has 0 atom stereocenters. The maximum Gasteiger partial charge on any atom is 0.194 e. The topological polar surface area (TPSA) is 47.3 Å². The Bertz CT molecular complexity index is 581. The lowest BCUT2D eigenvalue weighted by molar-refractivity contribution is 0.412. The number of methoxy groups -OCH3 is 1. The molecule has 5 heteroatoms. The fourth-order valence-corrected chi connectivity index (χ4v) is 2.55. The van der Waals surface area contributed by atoms with Crippen LogP contribution in [0.4, 0.5) is 0 Å². The molecule has 0 aliphatic heterocycles. The van der Waals surface area contributed by atoms with Crippen molar-refractivity contribution in [2.75, 3.05) is 13.7 Å². The Morgan fingerprint density at radius 1 is 1.38 bits per heavy atom. The molecule has 0 unspecified atom stereocenters. The molecule has 4 nitrogen and oxygen atoms in total. The quantitative estimate of drug-likeness (QED) is 0.763. The van der Waals surface area contributed by atoms with Crippen molar-refractivity contribution in [2.45, 2.75) is 32.7 Å². The SMILES string of the molecule is COc1ccc(-c2cnc(CCCNC(C)C)o2)cc1Br. The average Bonchev–Trinajstić information content (AvgIpc) is 2.92. The summed E-state index contributed by atoms with van der Waals surface area (Å²) in [5.74, 6) is 2.37. The van der Waals surface area contributed by atoms with E-state index < -0.39 is 0 Å². The Hall–Kier alpha value is -1.33. The fourth-order valence-electron chi connectivity index (χ4n) is 2.01. The number of hydrogen-bond acceptors (Lipinski definition) is 4. The van der Waals surface area contributed by atoms with E-state index in [-0.39, 0.29) is 0 Å². The van der Waals surface area contributed by atoms with Gasteiger partial charge >= 0.3 is 0 Å². The molecule has 21 heavy (non-hydrogen) atoms. The van der Waals surface area contributed by atoms with Crippen LogP contribution in [-0.4, -0.2) is 24.7 Å². The number of nitrogens with one attached hydrogen (secondary N) is 1. The van der Waals surface area contributed by atoms with Gasteiger partial charge in [-0.15, -0.1) is 0 Å². The summed E-state index contributed by atoms with van der Waals surface area (Å²) in [6.45, 7) is 5.26. The summed E-state index contributed by atoms with van der Waals surface area (Å²) in [4.78, 5) is 4.34. The molecule has 2 aromatic rings. The maximum atomic E-state index is 5.80. The molecule has 0 aliphatic carbocycles. The van der Waals surface area contributed by atoms with Crippen molar-refractivity contribution < 1.29 is 9.15 Å². The van der Waals surface area contributed by atoms with Gasteiger partial charge in [0.05, 0.1) is 17.8 Å². The van der Waals surface area contributed by atoms with Crippen molar-refractivity contribution in [3.05, 3.63) is 34.8 Å². The van der Waals surface area contributed by atoms with Crippen LogP contribution in [0.1, 0.15) is 26.2 Å². The van der Waals surface area contributed by atoms with E-state index in [4.69, 9.17) is 9.15 Å². The monoisotopic (exact) mass is 352 g/mol. The summed E-state index contributed by atoms with van der Waals surface area (Å²) in [6, 6.07) is 6.37. The third-order valence-corrected chi connectivity index (χ3v) is 3.73. The normalized spacial score (nSPS) is 11.1. The van der Waals surface area contributed by atoms with E-state index in [2.05, 4.69) is 40.1 Å². The van der Waals surface area contributed by atoms with E-state index in [0.717, 1.165) is 46.8 Å². The zero-order valence-electron chi connectivity index (χ0n) is 12.6. The van der Waals surface area contributed by atoms with Gasteiger partial charge in [-0.2, -0.15) is 0 Å². The second-order valence-corrected chi connectivity index (χ2v) is 6.03. The highest BCUT2D eigenvalue weighted by Crippen LogP contribution is 2.30. The number of rotatable bonds is 7. The van der Waals surface area contributed by atoms with Gasteiger partial charge in [0.15, 0.2) is 11.7 Å². The van der Waals surface area contributed by atoms with Crippen LogP contribution in [0.5, 0.6) is 5.75 Å². The van der Waals surface area contributed by atoms with E-state index in [9.17, 15) is 0 Å². The van der Waals surface area contributed by atoms with Crippen molar-refractivity contribution >= 4 is 15.9 Å². The molecule has 0 amide bonds. The molecule has 1 N–H and O–H groups in total. The van der Waals surface area contributed by atoms with Crippen LogP contribution >= 0.6 is 15.9 Å². The number of oxazole rings is 1. The second kappa shape index (κ2) is 7.61. The van der Waals surface area contributed by atoms with Gasteiger partial charge in [-0.1, -0.05) is 13.8 Å². The van der Waals surface area contributed by atoms with Crippen LogP contribution in [-0.2, 0) is 6.42 Å². The van der Waals surface area contributed by atoms with E-state index in [1.807, 2.05) is 18.2 Å². The minimum absolute atomic E-state index is 0.516. The molecular formula is C16H21BrN2O2. The van der Waals surface area contributed by atoms with E-state index >= 15 is 0 Å². The van der Waals surface area contributed by atoms with E-state index in [1.54, 1.807) is 13.3 Å². The number of aryl methyl sites for hydroxylation is 1. The molecule has 0 radical (unpaired) electrons. The third-order valence-electron chi connectivity index (χ3n) is 3.11. The molecule has 1 aromatic carbocycles. The molecule has 0 aliphatic rings. The first-order chi connectivity index (χ1) is 10.1. The van der Waals surface area contributed by atoms with Crippen LogP contribution in [0.25, 0.3) is 11.3 Å². The van der Waals surface area contributed by atoms with Gasteiger partial charge in [0, 0.05) is 18.0 Å². The van der Waals surface area contributed by atoms with Crippen LogP contribution < -0.4 is 10.1 Å². The zero-order valence-corrected chi connectivity index (χ0v) is 14.2. The Morgan fingerprint density at radius 2 is 2.19 bits per heavy atom. The predicted molar refractivity (Wildman–Crippen MR) is 87.7 cm³/mol. The number of nitrogens with zero attached hydrogens (tertiary/aromatic N) is 1. The highest BCUT2D eigenvalue weighted by atomic mass is 79.9. The number of hydrogen-bond donors (Lipinski definition) is 1. The smallest absolute Gasteiger partial charge is 0.194 e. The van der Waals surface area contributed by atoms with Gasteiger partial charge in [0.25, 0.3) is 0 Å². The number of halogens is 1. The predicted octanol–water partition coefficient (Wildman–Crippen LogP) is 4.04. The van der Waals surface area contributed by atoms with Crippen molar-refractivity contribution in [1.82, 2.24) is 10.3 Å². The average molecular weight is 353 g/mol. The first-order valence-corrected chi connectivity index (χ1v) is 7.91. The molecule has 0 saturated carbocycles. The standard InChI is InChI=1S/C16H21BrN2O2/c1-11(2)18-8-4-5-16-19-10-15(21-16)12-6-7-14(20-3)13(17)9-12/h6-7,9-11,18H,4-5,8H2,1-3H3. The van der Waals surface area contributed by atoms with E-state index in [1.165, 1.54) is 0 Å². The molecule has 114 valence electrons. The van der Waals surface area contributed by atoms with Gasteiger partial charge in [-0.05, 0) is 47.1 Å². The summed E-state index contributed by atoms with van der Waals surface area (Å²) in [7, 11) is 1.65. The van der Waals surface area contributed by atoms with Crippen molar-refractivity contribution in [3.63, 3.8) is 0 Å². The van der Waals surface area contributed by atoms with Gasteiger partial charge in [-0.25, -0.2) is 4.98 Å². The van der Waals surface area contributed by atoms with Crippen molar-refractivity contribution in [3.8, 4) is 17.1 Å². The first-order valence-electron chi connectivity index (χ1n) is 7.12. The summed E-state index contributed by atoms with van der Waals surface area (Å²) in [5, 5.41) is 3.38. The van der Waals surface area contributed by atoms with Crippen LogP contribution in [0.2, 0.25) is 0 Å². The molecule has 0 bridgehead atoms. The van der Waals surface area contributed by atoms with Crippen LogP contribution in [0.15, 0.2) is 33.3 Å². The maximum absolute atomic E-state index is 5.80. The van der Waals surface area contributed by atoms with E-state index in [0.29, 0.717) is 6.04 Å². The highest BCUT2D eigenvalue weighted by molar-refractivity contribution is 9.10. The molecule has 1 heterocycles. The van der Waals surface area contributed by atoms with Crippen molar-refractivity contribution in [2.24, 2.45) is 0 Å². The van der Waals surface area contributed by atoms with Crippen LogP contribution in [0, 0.1) is 0 Å². The number of benzene rings is 1. The van der Waals surface area contributed by atoms with Gasteiger partial charge in [0.1, 0.15) is 5.75 Å². The Morgan fingerprint density at radius 3 is 2.86 bits per heavy atom. The number of aromatic nitrogens is 1. The summed E-state index contributed by atoms with van der Waals surface area (Å²) >= 11 is 3.48. The molecule has 0 fully saturated rings. The molecule has 0 saturated heterocycles. The van der Waals surface area contributed by atoms with Crippen molar-refractivity contribution in [1.29, 1.82) is 0 Å². The molecular weight excluding hydrogens is 332 g/mol. The molecule has 0 spiro atoms. The molecule has 2 rings (SSSR count). The van der Waals surface area contributed by atoms with Gasteiger partial charge in [-0.3, -0.25) is 0 Å². The largest absolute Gasteiger partial charge is 0.496 e. The van der Waals surface area contributed by atoms with Crippen LogP contribution in [0.3, 0.4) is 0 Å². The van der Waals surface area contributed by atoms with Gasteiger partial charge in [0.2, 0.25) is 0 Å². The summed E-state index contributed by atoms with van der Waals surface area (Å²) in [5.41, 5.74) is 0.988. The summed E-state index contributed by atoms with van der Waals surface area (Å²) in [6.07, 6.45) is 3.64. The Kier molecular flexibility index (Phi) is 5.82. The van der Waals surface area contributed by atoms with Gasteiger partial charge < -0.3 is 14.5 Å².